The topological polar surface area (TPSA) is 54.5 Å². The Morgan fingerprint density at radius 2 is 1.71 bits per heavy atom. The molecule has 28 heavy (non-hydrogen) atoms. The number of ether oxygens (including phenoxy) is 1. The summed E-state index contributed by atoms with van der Waals surface area (Å²) in [5, 5.41) is 3.01. The monoisotopic (exact) mass is 373 g/mol. The van der Waals surface area contributed by atoms with Crippen LogP contribution < -0.4 is 15.0 Å². The number of carbonyl (C=O) groups excluding carboxylic acids is 1. The molecule has 1 fully saturated rings. The molecular formula is C23H23N3O2. The Morgan fingerprint density at radius 1 is 0.964 bits per heavy atom. The number of hydrogen-bond acceptors (Lipinski definition) is 4. The van der Waals surface area contributed by atoms with Gasteiger partial charge in [-0.2, -0.15) is 0 Å². The summed E-state index contributed by atoms with van der Waals surface area (Å²) >= 11 is 0. The van der Waals surface area contributed by atoms with Gasteiger partial charge in [0.15, 0.2) is 5.82 Å². The lowest BCUT2D eigenvalue weighted by Gasteiger charge is -2.20. The lowest BCUT2D eigenvalue weighted by molar-refractivity contribution is 0.102. The summed E-state index contributed by atoms with van der Waals surface area (Å²) in [6.45, 7) is 2.43. The van der Waals surface area contributed by atoms with E-state index in [-0.39, 0.29) is 5.91 Å². The molecule has 0 aliphatic carbocycles. The van der Waals surface area contributed by atoms with E-state index in [1.807, 2.05) is 66.7 Å². The lowest BCUT2D eigenvalue weighted by atomic mass is 10.1. The van der Waals surface area contributed by atoms with Crippen LogP contribution in [0.25, 0.3) is 0 Å². The van der Waals surface area contributed by atoms with Crippen LogP contribution in [0.2, 0.25) is 0 Å². The van der Waals surface area contributed by atoms with Crippen molar-refractivity contribution < 1.29 is 9.53 Å². The first-order valence-corrected chi connectivity index (χ1v) is 9.58. The molecule has 5 heteroatoms. The molecule has 1 aliphatic heterocycles. The predicted molar refractivity (Wildman–Crippen MR) is 111 cm³/mol. The molecule has 0 unspecified atom stereocenters. The van der Waals surface area contributed by atoms with E-state index >= 15 is 0 Å². The molecule has 4 rings (SSSR count). The van der Waals surface area contributed by atoms with E-state index < -0.39 is 0 Å². The van der Waals surface area contributed by atoms with Gasteiger partial charge in [-0.05, 0) is 54.8 Å². The third-order valence-corrected chi connectivity index (χ3v) is 4.81. The molecular weight excluding hydrogens is 350 g/mol. The molecule has 5 nitrogen and oxygen atoms in total. The van der Waals surface area contributed by atoms with Gasteiger partial charge in [-0.1, -0.05) is 30.3 Å². The Morgan fingerprint density at radius 3 is 2.46 bits per heavy atom. The van der Waals surface area contributed by atoms with Crippen molar-refractivity contribution in [1.82, 2.24) is 4.98 Å². The number of anilines is 2. The molecule has 2 aromatic carbocycles. The Hall–Kier alpha value is -3.34. The van der Waals surface area contributed by atoms with E-state index in [4.69, 9.17) is 4.74 Å². The first-order chi connectivity index (χ1) is 13.8. The van der Waals surface area contributed by atoms with Crippen LogP contribution in [-0.4, -0.2) is 24.0 Å². The maximum absolute atomic E-state index is 12.7. The highest BCUT2D eigenvalue weighted by molar-refractivity contribution is 6.05. The lowest BCUT2D eigenvalue weighted by Crippen LogP contribution is -2.22. The van der Waals surface area contributed by atoms with Gasteiger partial charge in [0.25, 0.3) is 5.91 Å². The smallest absolute Gasteiger partial charge is 0.255 e. The zero-order valence-electron chi connectivity index (χ0n) is 15.7. The second-order valence-corrected chi connectivity index (χ2v) is 6.82. The Bertz CT molecular complexity index is 920. The van der Waals surface area contributed by atoms with Crippen LogP contribution in [0.4, 0.5) is 11.5 Å². The van der Waals surface area contributed by atoms with Gasteiger partial charge in [-0.15, -0.1) is 0 Å². The molecule has 1 amide bonds. The van der Waals surface area contributed by atoms with Crippen LogP contribution in [-0.2, 0) is 6.61 Å². The number of hydrogen-bond donors (Lipinski definition) is 1. The average Bonchev–Trinajstić information content (AvgIpc) is 3.28. The number of para-hydroxylation sites is 1. The largest absolute Gasteiger partial charge is 0.489 e. The summed E-state index contributed by atoms with van der Waals surface area (Å²) in [5.41, 5.74) is 2.38. The van der Waals surface area contributed by atoms with E-state index in [9.17, 15) is 4.79 Å². The van der Waals surface area contributed by atoms with Crippen molar-refractivity contribution in [2.75, 3.05) is 23.3 Å². The quantitative estimate of drug-likeness (QED) is 0.691. The van der Waals surface area contributed by atoms with Gasteiger partial charge in [-0.25, -0.2) is 4.98 Å². The minimum absolute atomic E-state index is 0.135. The zero-order valence-corrected chi connectivity index (χ0v) is 15.7. The molecule has 0 atom stereocenters. The van der Waals surface area contributed by atoms with E-state index in [2.05, 4.69) is 15.2 Å². The maximum Gasteiger partial charge on any atom is 0.255 e. The third kappa shape index (κ3) is 4.31. The number of rotatable bonds is 6. The second kappa shape index (κ2) is 8.57. The number of carbonyl (C=O) groups is 1. The van der Waals surface area contributed by atoms with Crippen molar-refractivity contribution in [3.05, 3.63) is 84.1 Å². The Balaban J connectivity index is 1.40. The first kappa shape index (κ1) is 18.0. The highest BCUT2D eigenvalue weighted by atomic mass is 16.5. The summed E-state index contributed by atoms with van der Waals surface area (Å²) < 4.78 is 5.75. The molecule has 0 bridgehead atoms. The maximum atomic E-state index is 12.7. The molecule has 3 aromatic rings. The number of pyridine rings is 1. The van der Waals surface area contributed by atoms with Gasteiger partial charge in [-0.3, -0.25) is 4.79 Å². The molecule has 0 saturated carbocycles. The zero-order chi connectivity index (χ0) is 19.2. The molecule has 1 aromatic heterocycles. The Labute approximate surface area is 165 Å². The normalized spacial score (nSPS) is 13.4. The van der Waals surface area contributed by atoms with Crippen molar-refractivity contribution in [3.63, 3.8) is 0 Å². The summed E-state index contributed by atoms with van der Waals surface area (Å²) in [5.74, 6) is 1.54. The fourth-order valence-corrected chi connectivity index (χ4v) is 3.31. The minimum atomic E-state index is -0.135. The van der Waals surface area contributed by atoms with E-state index in [0.29, 0.717) is 12.2 Å². The Kier molecular flexibility index (Phi) is 5.52. The van der Waals surface area contributed by atoms with Gasteiger partial charge in [0.2, 0.25) is 0 Å². The molecule has 0 spiro atoms. The highest BCUT2D eigenvalue weighted by Gasteiger charge is 2.18. The van der Waals surface area contributed by atoms with Crippen molar-refractivity contribution in [2.45, 2.75) is 19.4 Å². The molecule has 1 saturated heterocycles. The summed E-state index contributed by atoms with van der Waals surface area (Å²) in [6.07, 6.45) is 4.10. The van der Waals surface area contributed by atoms with E-state index in [0.717, 1.165) is 48.7 Å². The van der Waals surface area contributed by atoms with Gasteiger partial charge in [0.1, 0.15) is 12.4 Å². The minimum Gasteiger partial charge on any atom is -0.489 e. The standard InChI is InChI=1S/C23H23N3O2/c27-23(25-21-9-6-14-24-22(21)26-15-4-5-16-26)19-12-10-18(11-13-19)17-28-20-7-2-1-3-8-20/h1-3,6-14H,4-5,15-17H2,(H,25,27). The van der Waals surface area contributed by atoms with Gasteiger partial charge < -0.3 is 15.0 Å². The van der Waals surface area contributed by atoms with Crippen LogP contribution in [0, 0.1) is 0 Å². The highest BCUT2D eigenvalue weighted by Crippen LogP contribution is 2.26. The van der Waals surface area contributed by atoms with Crippen LogP contribution in [0.3, 0.4) is 0 Å². The van der Waals surface area contributed by atoms with Crippen LogP contribution >= 0.6 is 0 Å². The molecule has 2 heterocycles. The van der Waals surface area contributed by atoms with Crippen LogP contribution in [0.5, 0.6) is 5.75 Å². The number of benzene rings is 2. The summed E-state index contributed by atoms with van der Waals surface area (Å²) in [7, 11) is 0. The van der Waals surface area contributed by atoms with Crippen molar-refractivity contribution in [1.29, 1.82) is 0 Å². The van der Waals surface area contributed by atoms with E-state index in [1.54, 1.807) is 6.20 Å². The summed E-state index contributed by atoms with van der Waals surface area (Å²) in [4.78, 5) is 19.4. The number of nitrogens with one attached hydrogen (secondary N) is 1. The third-order valence-electron chi connectivity index (χ3n) is 4.81. The molecule has 1 N–H and O–H groups in total. The molecule has 0 radical (unpaired) electrons. The van der Waals surface area contributed by atoms with Crippen LogP contribution in [0.15, 0.2) is 72.9 Å². The van der Waals surface area contributed by atoms with Crippen molar-refractivity contribution in [3.8, 4) is 5.75 Å². The number of nitrogens with zero attached hydrogens (tertiary/aromatic N) is 2. The number of amides is 1. The predicted octanol–water partition coefficient (Wildman–Crippen LogP) is 4.51. The average molecular weight is 373 g/mol. The summed E-state index contributed by atoms with van der Waals surface area (Å²) in [6, 6.07) is 20.9. The van der Waals surface area contributed by atoms with E-state index in [1.165, 1.54) is 0 Å². The van der Waals surface area contributed by atoms with Crippen molar-refractivity contribution >= 4 is 17.4 Å². The van der Waals surface area contributed by atoms with Gasteiger partial charge in [0, 0.05) is 24.8 Å². The van der Waals surface area contributed by atoms with Gasteiger partial charge in [0.05, 0.1) is 5.69 Å². The number of aromatic nitrogens is 1. The second-order valence-electron chi connectivity index (χ2n) is 6.82. The molecule has 1 aliphatic rings. The fraction of sp³-hybridized carbons (Fsp3) is 0.217. The van der Waals surface area contributed by atoms with Gasteiger partial charge >= 0.3 is 0 Å². The first-order valence-electron chi connectivity index (χ1n) is 9.58. The molecule has 142 valence electrons. The van der Waals surface area contributed by atoms with Crippen molar-refractivity contribution in [2.24, 2.45) is 0 Å². The SMILES string of the molecule is O=C(Nc1cccnc1N1CCCC1)c1ccc(COc2ccccc2)cc1. The van der Waals surface area contributed by atoms with Crippen LogP contribution in [0.1, 0.15) is 28.8 Å². The fourth-order valence-electron chi connectivity index (χ4n) is 3.31.